The molecule has 4 rings (SSSR count). The van der Waals surface area contributed by atoms with Crippen LogP contribution in [0.3, 0.4) is 0 Å². The van der Waals surface area contributed by atoms with Gasteiger partial charge in [-0.1, -0.05) is 59.6 Å². The number of hydrogen-bond donors (Lipinski definition) is 2. The molecule has 5 nitrogen and oxygen atoms in total. The van der Waals surface area contributed by atoms with Crippen LogP contribution in [-0.2, 0) is 6.54 Å². The molecule has 30 heavy (non-hydrogen) atoms. The zero-order valence-electron chi connectivity index (χ0n) is 16.9. The molecule has 6 heteroatoms. The molecule has 0 bridgehead atoms. The number of urea groups is 1. The summed E-state index contributed by atoms with van der Waals surface area (Å²) in [7, 11) is 0. The summed E-state index contributed by atoms with van der Waals surface area (Å²) in [5.74, 6) is 0.889. The summed E-state index contributed by atoms with van der Waals surface area (Å²) in [6, 6.07) is 21.6. The van der Waals surface area contributed by atoms with Crippen molar-refractivity contribution in [1.29, 1.82) is 0 Å². The molecule has 0 aliphatic heterocycles. The van der Waals surface area contributed by atoms with Crippen LogP contribution >= 0.6 is 11.6 Å². The number of para-hydroxylation sites is 2. The minimum absolute atomic E-state index is 0.290. The highest BCUT2D eigenvalue weighted by molar-refractivity contribution is 6.33. The van der Waals surface area contributed by atoms with Crippen LogP contribution in [0.25, 0.3) is 22.4 Å². The summed E-state index contributed by atoms with van der Waals surface area (Å²) in [4.78, 5) is 17.1. The molecule has 2 amide bonds. The first-order valence-electron chi connectivity index (χ1n) is 9.84. The molecule has 0 aliphatic carbocycles. The second-order valence-electron chi connectivity index (χ2n) is 7.31. The third-order valence-corrected chi connectivity index (χ3v) is 5.27. The van der Waals surface area contributed by atoms with Crippen molar-refractivity contribution in [2.45, 2.75) is 20.4 Å². The lowest BCUT2D eigenvalue weighted by Crippen LogP contribution is -2.31. The van der Waals surface area contributed by atoms with E-state index in [0.717, 1.165) is 28.0 Å². The first-order chi connectivity index (χ1) is 14.5. The number of aromatic nitrogens is 2. The molecular weight excluding hydrogens is 396 g/mol. The van der Waals surface area contributed by atoms with Crippen molar-refractivity contribution in [2.24, 2.45) is 0 Å². The van der Waals surface area contributed by atoms with Gasteiger partial charge in [0.05, 0.1) is 21.7 Å². The van der Waals surface area contributed by atoms with E-state index in [-0.39, 0.29) is 6.03 Å². The Morgan fingerprint density at radius 2 is 1.73 bits per heavy atom. The van der Waals surface area contributed by atoms with E-state index >= 15 is 0 Å². The predicted molar refractivity (Wildman–Crippen MR) is 123 cm³/mol. The van der Waals surface area contributed by atoms with E-state index in [4.69, 9.17) is 16.6 Å². The number of hydrogen-bond acceptors (Lipinski definition) is 2. The van der Waals surface area contributed by atoms with Gasteiger partial charge in [0.1, 0.15) is 5.82 Å². The number of halogens is 1. The summed E-state index contributed by atoms with van der Waals surface area (Å²) >= 11 is 6.20. The van der Waals surface area contributed by atoms with Gasteiger partial charge >= 0.3 is 6.03 Å². The van der Waals surface area contributed by atoms with Gasteiger partial charge in [-0.25, -0.2) is 9.78 Å². The summed E-state index contributed by atoms with van der Waals surface area (Å²) in [5, 5.41) is 6.23. The van der Waals surface area contributed by atoms with Gasteiger partial charge in [-0.2, -0.15) is 0 Å². The van der Waals surface area contributed by atoms with Crippen LogP contribution in [0, 0.1) is 13.8 Å². The van der Waals surface area contributed by atoms with Crippen LogP contribution in [-0.4, -0.2) is 22.1 Å². The molecule has 0 atom stereocenters. The van der Waals surface area contributed by atoms with Crippen molar-refractivity contribution in [1.82, 2.24) is 14.9 Å². The van der Waals surface area contributed by atoms with Crippen LogP contribution in [0.4, 0.5) is 10.5 Å². The summed E-state index contributed by atoms with van der Waals surface area (Å²) < 4.78 is 2.14. The topological polar surface area (TPSA) is 59.0 Å². The molecule has 1 heterocycles. The monoisotopic (exact) mass is 418 g/mol. The fourth-order valence-electron chi connectivity index (χ4n) is 3.39. The third-order valence-electron chi connectivity index (χ3n) is 4.96. The Hall–Kier alpha value is -3.31. The first-order valence-corrected chi connectivity index (χ1v) is 10.2. The van der Waals surface area contributed by atoms with Crippen LogP contribution in [0.15, 0.2) is 66.7 Å². The number of benzene rings is 3. The lowest BCUT2D eigenvalue weighted by atomic mass is 10.1. The quantitative estimate of drug-likeness (QED) is 0.430. The Morgan fingerprint density at radius 3 is 2.50 bits per heavy atom. The maximum Gasteiger partial charge on any atom is 0.319 e. The van der Waals surface area contributed by atoms with E-state index in [1.165, 1.54) is 5.56 Å². The average molecular weight is 419 g/mol. The Kier molecular flexibility index (Phi) is 5.72. The maximum atomic E-state index is 12.3. The van der Waals surface area contributed by atoms with E-state index in [1.807, 2.05) is 43.3 Å². The third kappa shape index (κ3) is 4.31. The lowest BCUT2D eigenvalue weighted by molar-refractivity contribution is 0.251. The smallest absolute Gasteiger partial charge is 0.319 e. The van der Waals surface area contributed by atoms with E-state index in [9.17, 15) is 4.79 Å². The van der Waals surface area contributed by atoms with Crippen LogP contribution in [0.5, 0.6) is 0 Å². The minimum Gasteiger partial charge on any atom is -0.336 e. The molecule has 3 aromatic carbocycles. The molecule has 0 radical (unpaired) electrons. The van der Waals surface area contributed by atoms with E-state index < -0.39 is 0 Å². The minimum atomic E-state index is -0.290. The van der Waals surface area contributed by atoms with Gasteiger partial charge in [-0.3, -0.25) is 0 Å². The molecule has 2 N–H and O–H groups in total. The number of nitrogens with one attached hydrogen (secondary N) is 2. The molecule has 0 saturated heterocycles. The number of aryl methyl sites for hydroxylation is 2. The Labute approximate surface area is 180 Å². The van der Waals surface area contributed by atoms with Gasteiger partial charge in [-0.15, -0.1) is 0 Å². The van der Waals surface area contributed by atoms with Crippen molar-refractivity contribution < 1.29 is 4.79 Å². The van der Waals surface area contributed by atoms with Gasteiger partial charge < -0.3 is 15.2 Å². The molecule has 1 aromatic heterocycles. The van der Waals surface area contributed by atoms with Crippen molar-refractivity contribution in [2.75, 3.05) is 11.9 Å². The summed E-state index contributed by atoms with van der Waals surface area (Å²) in [6.45, 7) is 5.07. The number of carbonyl (C=O) groups excluding carboxylic acids is 1. The number of fused-ring (bicyclic) bond motifs is 1. The molecule has 0 spiro atoms. The maximum absolute atomic E-state index is 12.3. The molecule has 0 unspecified atom stereocenters. The second-order valence-corrected chi connectivity index (χ2v) is 7.71. The fraction of sp³-hybridized carbons (Fsp3) is 0.167. The van der Waals surface area contributed by atoms with E-state index in [0.29, 0.717) is 23.8 Å². The number of amides is 2. The number of imidazole rings is 1. The lowest BCUT2D eigenvalue weighted by Gasteiger charge is -2.12. The van der Waals surface area contributed by atoms with Crippen molar-refractivity contribution in [3.8, 4) is 11.4 Å². The Bertz CT molecular complexity index is 1200. The highest BCUT2D eigenvalue weighted by Crippen LogP contribution is 2.25. The SMILES string of the molecule is Cc1ccc(-c2nc3ccccc3n2CCNC(=O)Nc2ccc(C)cc2Cl)cc1. The molecular formula is C24H23ClN4O. The van der Waals surface area contributed by atoms with Crippen LogP contribution in [0.1, 0.15) is 11.1 Å². The van der Waals surface area contributed by atoms with Crippen molar-refractivity contribution >= 4 is 34.4 Å². The second kappa shape index (κ2) is 8.59. The molecule has 0 fully saturated rings. The van der Waals surface area contributed by atoms with Gasteiger partial charge in [0.2, 0.25) is 0 Å². The van der Waals surface area contributed by atoms with Gasteiger partial charge in [0.25, 0.3) is 0 Å². The van der Waals surface area contributed by atoms with E-state index in [2.05, 4.69) is 46.4 Å². The van der Waals surface area contributed by atoms with Gasteiger partial charge in [0, 0.05) is 18.7 Å². The summed E-state index contributed by atoms with van der Waals surface area (Å²) in [5.41, 5.74) is 5.86. The number of carbonyl (C=O) groups is 1. The normalized spacial score (nSPS) is 10.9. The summed E-state index contributed by atoms with van der Waals surface area (Å²) in [6.07, 6.45) is 0. The fourth-order valence-corrected chi connectivity index (χ4v) is 3.68. The number of rotatable bonds is 5. The number of nitrogens with zero attached hydrogens (tertiary/aromatic N) is 2. The van der Waals surface area contributed by atoms with Gasteiger partial charge in [-0.05, 0) is 43.7 Å². The Morgan fingerprint density at radius 1 is 1.00 bits per heavy atom. The standard InChI is InChI=1S/C24H23ClN4O/c1-16-7-10-18(11-8-16)23-27-21-5-3-4-6-22(21)29(23)14-13-26-24(30)28-20-12-9-17(2)15-19(20)25/h3-12,15H,13-14H2,1-2H3,(H2,26,28,30). The zero-order chi connectivity index (χ0) is 21.1. The number of anilines is 1. The Balaban J connectivity index is 1.50. The van der Waals surface area contributed by atoms with Crippen molar-refractivity contribution in [3.05, 3.63) is 82.9 Å². The average Bonchev–Trinajstić information content (AvgIpc) is 3.09. The molecule has 0 saturated carbocycles. The largest absolute Gasteiger partial charge is 0.336 e. The molecule has 0 aliphatic rings. The highest BCUT2D eigenvalue weighted by atomic mass is 35.5. The molecule has 4 aromatic rings. The first kappa shape index (κ1) is 20.0. The van der Waals surface area contributed by atoms with Crippen LogP contribution < -0.4 is 10.6 Å². The van der Waals surface area contributed by atoms with Crippen molar-refractivity contribution in [3.63, 3.8) is 0 Å². The predicted octanol–water partition coefficient (Wildman–Crippen LogP) is 5.80. The zero-order valence-corrected chi connectivity index (χ0v) is 17.7. The van der Waals surface area contributed by atoms with E-state index in [1.54, 1.807) is 6.07 Å². The highest BCUT2D eigenvalue weighted by Gasteiger charge is 2.13. The van der Waals surface area contributed by atoms with Gasteiger partial charge in [0.15, 0.2) is 0 Å². The van der Waals surface area contributed by atoms with Crippen LogP contribution in [0.2, 0.25) is 5.02 Å². The molecule has 152 valence electrons.